The Labute approximate surface area is 278 Å². The molecular weight excluding hydrogens is 693 g/mol. The lowest BCUT2D eigenvalue weighted by Crippen LogP contribution is -2.73. The number of benzene rings is 1. The highest BCUT2D eigenvalue weighted by Gasteiger charge is 2.53. The van der Waals surface area contributed by atoms with E-state index < -0.39 is 11.6 Å². The number of likely N-dealkylation sites (tertiary alicyclic amines) is 1. The third-order valence-electron chi connectivity index (χ3n) is 10.3. The number of allylic oxidation sites excluding steroid dienone is 2. The van der Waals surface area contributed by atoms with Crippen LogP contribution in [0.2, 0.25) is 0 Å². The Morgan fingerprint density at radius 2 is 1.69 bits per heavy atom. The van der Waals surface area contributed by atoms with Gasteiger partial charge in [-0.25, -0.2) is 8.78 Å². The van der Waals surface area contributed by atoms with Gasteiger partial charge in [0.1, 0.15) is 11.5 Å². The molecule has 1 aliphatic carbocycles. The van der Waals surface area contributed by atoms with Crippen LogP contribution in [0, 0.1) is 0 Å². The average Bonchev–Trinajstić information content (AvgIpc) is 3.03. The molecule has 4 fully saturated rings. The van der Waals surface area contributed by atoms with Gasteiger partial charge in [-0.1, -0.05) is 22.6 Å². The molecule has 0 radical (unpaired) electrons. The van der Waals surface area contributed by atoms with Gasteiger partial charge in [0.15, 0.2) is 0 Å². The van der Waals surface area contributed by atoms with E-state index in [1.807, 2.05) is 48.2 Å². The second kappa shape index (κ2) is 13.4. The largest absolute Gasteiger partial charge is 0.381 e. The highest BCUT2D eigenvalue weighted by molar-refractivity contribution is 14.1. The van der Waals surface area contributed by atoms with Crippen LogP contribution in [0.4, 0.5) is 14.5 Å². The van der Waals surface area contributed by atoms with Gasteiger partial charge in [0, 0.05) is 68.5 Å². The molecule has 3 saturated heterocycles. The first kappa shape index (κ1) is 32.6. The van der Waals surface area contributed by atoms with E-state index in [0.717, 1.165) is 55.7 Å². The van der Waals surface area contributed by atoms with E-state index in [0.29, 0.717) is 42.5 Å². The van der Waals surface area contributed by atoms with Crippen LogP contribution in [0.25, 0.3) is 0 Å². The molecule has 4 heterocycles. The Morgan fingerprint density at radius 1 is 1.02 bits per heavy atom. The van der Waals surface area contributed by atoms with Crippen molar-refractivity contribution in [1.82, 2.24) is 25.3 Å². The van der Waals surface area contributed by atoms with Crippen molar-refractivity contribution in [2.75, 3.05) is 36.2 Å². The lowest BCUT2D eigenvalue weighted by atomic mass is 9.88. The van der Waals surface area contributed by atoms with Crippen molar-refractivity contribution in [1.29, 1.82) is 0 Å². The molecule has 0 spiro atoms. The summed E-state index contributed by atoms with van der Waals surface area (Å²) in [6.45, 7) is 6.45. The molecule has 2 atom stereocenters. The molecule has 1 saturated carbocycles. The predicted octanol–water partition coefficient (Wildman–Crippen LogP) is 5.02. The Kier molecular flexibility index (Phi) is 9.75. The minimum Gasteiger partial charge on any atom is -0.381 e. The van der Waals surface area contributed by atoms with E-state index in [2.05, 4.69) is 55.3 Å². The lowest BCUT2D eigenvalue weighted by Gasteiger charge is -2.57. The number of anilines is 1. The Hall–Kier alpha value is -2.29. The normalized spacial score (nSPS) is 31.4. The SMILES string of the molecule is C[C@@H]1C(=O)N(CI)C2=CC=C(Nc3ccc(C(=O)NC4CCC(N5CCC(F)(F)CC5)CC4)cc3)NC2(C)N1C1CCOCC1. The number of fused-ring (bicyclic) bond motifs is 1. The Balaban J connectivity index is 1.06. The van der Waals surface area contributed by atoms with E-state index in [9.17, 15) is 18.4 Å². The molecule has 3 N–H and O–H groups in total. The number of hydrogen-bond acceptors (Lipinski definition) is 7. The van der Waals surface area contributed by atoms with Gasteiger partial charge < -0.3 is 25.6 Å². The molecule has 5 aliphatic rings. The van der Waals surface area contributed by atoms with Gasteiger partial charge in [-0.2, -0.15) is 0 Å². The summed E-state index contributed by atoms with van der Waals surface area (Å²) in [4.78, 5) is 32.9. The number of carbonyl (C=O) groups excluding carboxylic acids is 2. The van der Waals surface area contributed by atoms with E-state index in [-0.39, 0.29) is 42.8 Å². The number of ether oxygens (including phenoxy) is 1. The average molecular weight is 739 g/mol. The first-order chi connectivity index (χ1) is 21.6. The minimum absolute atomic E-state index is 0.0505. The second-order valence-corrected chi connectivity index (χ2v) is 13.9. The third kappa shape index (κ3) is 6.89. The van der Waals surface area contributed by atoms with Gasteiger partial charge >= 0.3 is 0 Å². The molecule has 9 nitrogen and oxygen atoms in total. The summed E-state index contributed by atoms with van der Waals surface area (Å²) in [5.74, 6) is -1.68. The molecule has 246 valence electrons. The van der Waals surface area contributed by atoms with Crippen molar-refractivity contribution in [3.05, 3.63) is 53.5 Å². The number of piperazine rings is 1. The fourth-order valence-electron chi connectivity index (χ4n) is 7.86. The first-order valence-electron chi connectivity index (χ1n) is 16.3. The van der Waals surface area contributed by atoms with Crippen molar-refractivity contribution in [2.24, 2.45) is 0 Å². The standard InChI is InChI=1S/C33H45F2IN6O3/c1-22-31(44)41(21-36)28-11-12-29(39-32(28,2)42(22)27-13-19-45-20-14-27)37-24-5-3-23(4-6-24)30(43)38-25-7-9-26(10-8-25)40-17-15-33(34,35)16-18-40/h3-6,11-12,22,25-27,37,39H,7-10,13-21H2,1-2H3,(H,38,43)/t22-,25?,26?,32?/m1/s1. The van der Waals surface area contributed by atoms with Crippen LogP contribution < -0.4 is 16.0 Å². The number of rotatable bonds is 7. The third-order valence-corrected chi connectivity index (χ3v) is 11.0. The molecule has 2 amide bonds. The summed E-state index contributed by atoms with van der Waals surface area (Å²) in [7, 11) is 0. The van der Waals surface area contributed by atoms with Crippen LogP contribution in [-0.4, -0.2) is 93.1 Å². The number of nitrogens with zero attached hydrogens (tertiary/aromatic N) is 3. The molecule has 6 rings (SSSR count). The first-order valence-corrected chi connectivity index (χ1v) is 17.8. The van der Waals surface area contributed by atoms with Crippen LogP contribution in [0.3, 0.4) is 0 Å². The van der Waals surface area contributed by atoms with Crippen molar-refractivity contribution in [3.63, 3.8) is 0 Å². The molecule has 0 aromatic heterocycles. The minimum atomic E-state index is -2.52. The molecule has 1 aromatic rings. The summed E-state index contributed by atoms with van der Waals surface area (Å²) in [5, 5.41) is 10.4. The van der Waals surface area contributed by atoms with Gasteiger partial charge in [0.2, 0.25) is 5.91 Å². The summed E-state index contributed by atoms with van der Waals surface area (Å²) in [6.07, 6.45) is 9.22. The maximum absolute atomic E-state index is 13.6. The highest BCUT2D eigenvalue weighted by Crippen LogP contribution is 2.40. The number of alkyl halides is 3. The number of nitrogens with one attached hydrogen (secondary N) is 3. The van der Waals surface area contributed by atoms with E-state index in [4.69, 9.17) is 4.74 Å². The maximum Gasteiger partial charge on any atom is 0.251 e. The van der Waals surface area contributed by atoms with Crippen LogP contribution in [0.5, 0.6) is 0 Å². The molecule has 4 aliphatic heterocycles. The number of dihydropyridines is 1. The van der Waals surface area contributed by atoms with Crippen molar-refractivity contribution >= 4 is 40.1 Å². The van der Waals surface area contributed by atoms with Crippen LogP contribution in [0.15, 0.2) is 47.9 Å². The molecule has 12 heteroatoms. The van der Waals surface area contributed by atoms with Gasteiger partial charge in [0.25, 0.3) is 11.8 Å². The number of carbonyl (C=O) groups is 2. The molecule has 1 aromatic carbocycles. The molecular formula is C33H45F2IN6O3. The number of halogens is 3. The molecule has 45 heavy (non-hydrogen) atoms. The monoisotopic (exact) mass is 738 g/mol. The van der Waals surface area contributed by atoms with Crippen molar-refractivity contribution in [3.8, 4) is 0 Å². The van der Waals surface area contributed by atoms with Gasteiger partial charge in [-0.15, -0.1) is 0 Å². The van der Waals surface area contributed by atoms with E-state index in [1.165, 1.54) is 0 Å². The smallest absolute Gasteiger partial charge is 0.251 e. The quantitative estimate of drug-likeness (QED) is 0.206. The fraction of sp³-hybridized carbons (Fsp3) is 0.636. The van der Waals surface area contributed by atoms with E-state index >= 15 is 0 Å². The van der Waals surface area contributed by atoms with Crippen LogP contribution in [-0.2, 0) is 9.53 Å². The number of piperidine rings is 1. The number of hydrogen-bond donors (Lipinski definition) is 3. The lowest BCUT2D eigenvalue weighted by molar-refractivity contribution is -0.149. The predicted molar refractivity (Wildman–Crippen MR) is 178 cm³/mol. The summed E-state index contributed by atoms with van der Waals surface area (Å²) in [5.41, 5.74) is 1.80. The Morgan fingerprint density at radius 3 is 2.33 bits per heavy atom. The van der Waals surface area contributed by atoms with Gasteiger partial charge in [-0.3, -0.25) is 19.4 Å². The maximum atomic E-state index is 13.6. The Bertz CT molecular complexity index is 1300. The van der Waals surface area contributed by atoms with Gasteiger partial charge in [-0.05, 0) is 88.8 Å². The topological polar surface area (TPSA) is 89.2 Å². The zero-order chi connectivity index (χ0) is 31.8. The molecule has 0 bridgehead atoms. The van der Waals surface area contributed by atoms with Crippen LogP contribution >= 0.6 is 22.6 Å². The van der Waals surface area contributed by atoms with Crippen LogP contribution in [0.1, 0.15) is 75.6 Å². The second-order valence-electron chi connectivity index (χ2n) is 13.2. The van der Waals surface area contributed by atoms with E-state index in [1.54, 1.807) is 0 Å². The zero-order valence-corrected chi connectivity index (χ0v) is 28.3. The van der Waals surface area contributed by atoms with Crippen molar-refractivity contribution < 1.29 is 23.1 Å². The van der Waals surface area contributed by atoms with Gasteiger partial charge in [0.05, 0.1) is 16.3 Å². The number of amides is 2. The van der Waals surface area contributed by atoms with Crippen molar-refractivity contribution in [2.45, 2.75) is 101 Å². The molecule has 1 unspecified atom stereocenters. The summed E-state index contributed by atoms with van der Waals surface area (Å²) < 4.78 is 33.3. The fourth-order valence-corrected chi connectivity index (χ4v) is 8.57. The summed E-state index contributed by atoms with van der Waals surface area (Å²) >= 11 is 2.25. The highest BCUT2D eigenvalue weighted by atomic mass is 127. The summed E-state index contributed by atoms with van der Waals surface area (Å²) in [6, 6.07) is 7.85. The zero-order valence-electron chi connectivity index (χ0n) is 26.2.